The summed E-state index contributed by atoms with van der Waals surface area (Å²) < 4.78 is 1.56. The largest absolute Gasteiger partial charge is 0.354 e. The topological polar surface area (TPSA) is 54.3 Å². The molecule has 0 atom stereocenters. The molecule has 0 radical (unpaired) electrons. The summed E-state index contributed by atoms with van der Waals surface area (Å²) in [5, 5.41) is 4.60. The molecule has 1 fully saturated rings. The molecule has 3 aromatic rings. The van der Waals surface area contributed by atoms with Gasteiger partial charge in [-0.05, 0) is 36.6 Å². The molecular weight excluding hydrogens is 370 g/mol. The molecule has 4 rings (SSSR count). The highest BCUT2D eigenvalue weighted by molar-refractivity contribution is 7.98. The number of nitrogens with zero attached hydrogens (tertiary/aromatic N) is 5. The average Bonchev–Trinajstić information content (AvgIpc) is 2.76. The van der Waals surface area contributed by atoms with E-state index in [1.807, 2.05) is 24.4 Å². The second-order valence-electron chi connectivity index (χ2n) is 6.72. The first-order chi connectivity index (χ1) is 13.7. The van der Waals surface area contributed by atoms with Crippen molar-refractivity contribution in [2.45, 2.75) is 11.6 Å². The Hall–Kier alpha value is -2.64. The van der Waals surface area contributed by atoms with Gasteiger partial charge in [-0.15, -0.1) is 11.8 Å². The first kappa shape index (κ1) is 18.7. The second kappa shape index (κ2) is 8.58. The molecule has 1 aliphatic rings. The van der Waals surface area contributed by atoms with Crippen molar-refractivity contribution in [3.63, 3.8) is 0 Å². The van der Waals surface area contributed by atoms with Crippen LogP contribution in [0.5, 0.6) is 0 Å². The quantitative estimate of drug-likeness (QED) is 0.622. The van der Waals surface area contributed by atoms with Crippen molar-refractivity contribution in [2.24, 2.45) is 0 Å². The molecule has 0 N–H and O–H groups in total. The van der Waals surface area contributed by atoms with E-state index in [0.29, 0.717) is 6.67 Å². The first-order valence-corrected chi connectivity index (χ1v) is 10.6. The van der Waals surface area contributed by atoms with Crippen molar-refractivity contribution in [3.8, 4) is 11.3 Å². The van der Waals surface area contributed by atoms with Crippen molar-refractivity contribution in [1.29, 1.82) is 0 Å². The fourth-order valence-electron chi connectivity index (χ4n) is 3.31. The maximum absolute atomic E-state index is 12.3. The fourth-order valence-corrected chi connectivity index (χ4v) is 3.72. The Kier molecular flexibility index (Phi) is 5.73. The number of hydrogen-bond donors (Lipinski definition) is 0. The van der Waals surface area contributed by atoms with Gasteiger partial charge in [0.1, 0.15) is 5.82 Å². The Morgan fingerprint density at radius 2 is 1.75 bits per heavy atom. The summed E-state index contributed by atoms with van der Waals surface area (Å²) >= 11 is 1.71. The predicted octanol–water partition coefficient (Wildman–Crippen LogP) is 2.81. The lowest BCUT2D eigenvalue weighted by atomic mass is 10.1. The van der Waals surface area contributed by atoms with Crippen molar-refractivity contribution >= 4 is 17.6 Å². The van der Waals surface area contributed by atoms with Crippen LogP contribution in [-0.2, 0) is 6.67 Å². The minimum absolute atomic E-state index is 0.0726. The standard InChI is InChI=1S/C21H23N5OS/c1-28-18-7-5-17(6-8-18)19-9-10-21(27)26(23-19)16-24-12-14-25(15-13-24)20-4-2-3-11-22-20/h2-11H,12-16H2,1H3. The molecule has 3 heterocycles. The molecule has 6 nitrogen and oxygen atoms in total. The third kappa shape index (κ3) is 4.26. The number of benzene rings is 1. The van der Waals surface area contributed by atoms with Gasteiger partial charge in [-0.3, -0.25) is 9.69 Å². The monoisotopic (exact) mass is 393 g/mol. The molecule has 28 heavy (non-hydrogen) atoms. The zero-order chi connectivity index (χ0) is 19.3. The van der Waals surface area contributed by atoms with Crippen molar-refractivity contribution < 1.29 is 0 Å². The highest BCUT2D eigenvalue weighted by Gasteiger charge is 2.18. The van der Waals surface area contributed by atoms with Gasteiger partial charge in [0.25, 0.3) is 5.56 Å². The molecular formula is C21H23N5OS. The van der Waals surface area contributed by atoms with Crippen molar-refractivity contribution in [3.05, 3.63) is 71.1 Å². The minimum atomic E-state index is -0.0726. The number of thioether (sulfide) groups is 1. The van der Waals surface area contributed by atoms with Crippen LogP contribution >= 0.6 is 11.8 Å². The summed E-state index contributed by atoms with van der Waals surface area (Å²) in [5.74, 6) is 1.01. The van der Waals surface area contributed by atoms with E-state index in [4.69, 9.17) is 0 Å². The van der Waals surface area contributed by atoms with Crippen LogP contribution < -0.4 is 10.5 Å². The Morgan fingerprint density at radius 3 is 2.43 bits per heavy atom. The van der Waals surface area contributed by atoms with Gasteiger partial charge in [0, 0.05) is 48.9 Å². The molecule has 0 saturated carbocycles. The number of aromatic nitrogens is 3. The van der Waals surface area contributed by atoms with E-state index in [1.165, 1.54) is 4.90 Å². The normalized spacial score (nSPS) is 15.0. The molecule has 2 aromatic heterocycles. The zero-order valence-electron chi connectivity index (χ0n) is 15.9. The number of hydrogen-bond acceptors (Lipinski definition) is 6. The van der Waals surface area contributed by atoms with E-state index in [9.17, 15) is 4.79 Å². The summed E-state index contributed by atoms with van der Waals surface area (Å²) in [6.45, 7) is 4.03. The summed E-state index contributed by atoms with van der Waals surface area (Å²) in [7, 11) is 0. The summed E-state index contributed by atoms with van der Waals surface area (Å²) in [6, 6.07) is 17.6. The zero-order valence-corrected chi connectivity index (χ0v) is 16.7. The SMILES string of the molecule is CSc1ccc(-c2ccc(=O)n(CN3CCN(c4ccccn4)CC3)n2)cc1. The molecule has 1 aromatic carbocycles. The molecule has 7 heteroatoms. The van der Waals surface area contributed by atoms with Crippen LogP contribution in [0.1, 0.15) is 0 Å². The lowest BCUT2D eigenvalue weighted by Gasteiger charge is -2.35. The number of rotatable bonds is 5. The Labute approximate surface area is 168 Å². The summed E-state index contributed by atoms with van der Waals surface area (Å²) in [6.07, 6.45) is 3.88. The smallest absolute Gasteiger partial charge is 0.268 e. The van der Waals surface area contributed by atoms with Gasteiger partial charge < -0.3 is 4.90 Å². The molecule has 0 spiro atoms. The van der Waals surface area contributed by atoms with Gasteiger partial charge in [0.05, 0.1) is 12.4 Å². The molecule has 1 aliphatic heterocycles. The summed E-state index contributed by atoms with van der Waals surface area (Å²) in [4.78, 5) is 22.5. The van der Waals surface area contributed by atoms with Crippen LogP contribution in [-0.4, -0.2) is 52.1 Å². The van der Waals surface area contributed by atoms with Crippen molar-refractivity contribution in [2.75, 3.05) is 37.3 Å². The van der Waals surface area contributed by atoms with Gasteiger partial charge in [-0.2, -0.15) is 5.10 Å². The fraction of sp³-hybridized carbons (Fsp3) is 0.286. The van der Waals surface area contributed by atoms with Gasteiger partial charge in [-0.1, -0.05) is 18.2 Å². The first-order valence-electron chi connectivity index (χ1n) is 9.34. The lowest BCUT2D eigenvalue weighted by Crippen LogP contribution is -2.48. The third-order valence-corrected chi connectivity index (χ3v) is 5.68. The van der Waals surface area contributed by atoms with E-state index in [2.05, 4.69) is 50.4 Å². The van der Waals surface area contributed by atoms with Crippen LogP contribution in [0.15, 0.2) is 70.5 Å². The minimum Gasteiger partial charge on any atom is -0.354 e. The van der Waals surface area contributed by atoms with E-state index in [-0.39, 0.29) is 5.56 Å². The number of anilines is 1. The van der Waals surface area contributed by atoms with Crippen LogP contribution in [0.3, 0.4) is 0 Å². The maximum atomic E-state index is 12.3. The molecule has 0 aliphatic carbocycles. The highest BCUT2D eigenvalue weighted by Crippen LogP contribution is 2.21. The van der Waals surface area contributed by atoms with E-state index >= 15 is 0 Å². The van der Waals surface area contributed by atoms with Gasteiger partial charge in [-0.25, -0.2) is 9.67 Å². The predicted molar refractivity (Wildman–Crippen MR) is 114 cm³/mol. The highest BCUT2D eigenvalue weighted by atomic mass is 32.2. The average molecular weight is 394 g/mol. The van der Waals surface area contributed by atoms with Crippen LogP contribution in [0.25, 0.3) is 11.3 Å². The molecule has 0 unspecified atom stereocenters. The molecule has 0 amide bonds. The number of piperazine rings is 1. The summed E-state index contributed by atoms with van der Waals surface area (Å²) in [5.41, 5.74) is 1.77. The van der Waals surface area contributed by atoms with Crippen LogP contribution in [0.4, 0.5) is 5.82 Å². The molecule has 144 valence electrons. The number of pyridine rings is 1. The van der Waals surface area contributed by atoms with Crippen LogP contribution in [0.2, 0.25) is 0 Å². The van der Waals surface area contributed by atoms with Crippen LogP contribution in [0, 0.1) is 0 Å². The Balaban J connectivity index is 1.44. The third-order valence-electron chi connectivity index (χ3n) is 4.93. The maximum Gasteiger partial charge on any atom is 0.268 e. The molecule has 1 saturated heterocycles. The van der Waals surface area contributed by atoms with Crippen molar-refractivity contribution in [1.82, 2.24) is 19.7 Å². The molecule has 0 bridgehead atoms. The van der Waals surface area contributed by atoms with E-state index < -0.39 is 0 Å². The van der Waals surface area contributed by atoms with E-state index in [1.54, 1.807) is 28.6 Å². The Bertz CT molecular complexity index is 966. The van der Waals surface area contributed by atoms with Gasteiger partial charge >= 0.3 is 0 Å². The lowest BCUT2D eigenvalue weighted by molar-refractivity contribution is 0.191. The van der Waals surface area contributed by atoms with E-state index in [0.717, 1.165) is 43.3 Å². The second-order valence-corrected chi connectivity index (χ2v) is 7.60. The Morgan fingerprint density at radius 1 is 0.964 bits per heavy atom. The van der Waals surface area contributed by atoms with Gasteiger partial charge in [0.15, 0.2) is 0 Å². The van der Waals surface area contributed by atoms with Gasteiger partial charge in [0.2, 0.25) is 0 Å².